The molecule has 7 heteroatoms. The first-order chi connectivity index (χ1) is 13.1. The van der Waals surface area contributed by atoms with Gasteiger partial charge >= 0.3 is 0 Å². The Morgan fingerprint density at radius 2 is 2.07 bits per heavy atom. The lowest BCUT2D eigenvalue weighted by molar-refractivity contribution is -0.118. The van der Waals surface area contributed by atoms with E-state index in [4.69, 9.17) is 10.5 Å². The van der Waals surface area contributed by atoms with Crippen LogP contribution in [0.4, 0.5) is 5.82 Å². The average molecular weight is 365 g/mol. The summed E-state index contributed by atoms with van der Waals surface area (Å²) in [6.07, 6.45) is 5.71. The smallest absolute Gasteiger partial charge is 0.237 e. The van der Waals surface area contributed by atoms with Crippen LogP contribution in [0.25, 0.3) is 10.9 Å². The fourth-order valence-electron chi connectivity index (χ4n) is 3.61. The van der Waals surface area contributed by atoms with E-state index in [-0.39, 0.29) is 18.6 Å². The number of aromatic nitrogens is 3. The van der Waals surface area contributed by atoms with Crippen molar-refractivity contribution in [2.45, 2.75) is 32.4 Å². The van der Waals surface area contributed by atoms with Crippen LogP contribution in [0.2, 0.25) is 0 Å². The maximum absolute atomic E-state index is 11.2. The highest BCUT2D eigenvalue weighted by molar-refractivity contribution is 5.87. The van der Waals surface area contributed by atoms with E-state index in [2.05, 4.69) is 14.9 Å². The molecule has 0 saturated carbocycles. The number of aryl methyl sites for hydroxylation is 1. The van der Waals surface area contributed by atoms with Crippen molar-refractivity contribution in [3.8, 4) is 5.75 Å². The lowest BCUT2D eigenvalue weighted by Crippen LogP contribution is -2.38. The third-order valence-electron chi connectivity index (χ3n) is 4.92. The average Bonchev–Trinajstić information content (AvgIpc) is 3.06. The molecule has 7 nitrogen and oxygen atoms in total. The summed E-state index contributed by atoms with van der Waals surface area (Å²) >= 11 is 0. The van der Waals surface area contributed by atoms with Gasteiger partial charge in [-0.25, -0.2) is 9.97 Å². The number of amides is 1. The molecular formula is C20H23N5O2. The predicted molar refractivity (Wildman–Crippen MR) is 104 cm³/mol. The molecule has 0 radical (unpaired) electrons. The van der Waals surface area contributed by atoms with Crippen molar-refractivity contribution in [3.63, 3.8) is 0 Å². The first-order valence-electron chi connectivity index (χ1n) is 9.17. The summed E-state index contributed by atoms with van der Waals surface area (Å²) in [6, 6.07) is 9.85. The summed E-state index contributed by atoms with van der Waals surface area (Å²) in [7, 11) is 0. The maximum atomic E-state index is 11.2. The number of anilines is 1. The molecule has 2 N–H and O–H groups in total. The summed E-state index contributed by atoms with van der Waals surface area (Å²) in [5.74, 6) is 2.27. The molecule has 1 amide bonds. The van der Waals surface area contributed by atoms with Gasteiger partial charge in [0.2, 0.25) is 5.91 Å². The van der Waals surface area contributed by atoms with Crippen LogP contribution in [0, 0.1) is 6.92 Å². The minimum atomic E-state index is -0.355. The Bertz CT molecular complexity index is 960. The monoisotopic (exact) mass is 365 g/mol. The number of piperidine rings is 1. The van der Waals surface area contributed by atoms with E-state index in [0.29, 0.717) is 0 Å². The van der Waals surface area contributed by atoms with Crippen LogP contribution in [0.1, 0.15) is 18.7 Å². The van der Waals surface area contributed by atoms with Crippen molar-refractivity contribution in [1.82, 2.24) is 14.5 Å². The number of carbonyl (C=O) groups is 1. The third kappa shape index (κ3) is 3.72. The van der Waals surface area contributed by atoms with Crippen LogP contribution in [-0.2, 0) is 11.3 Å². The molecule has 0 bridgehead atoms. The first kappa shape index (κ1) is 17.3. The van der Waals surface area contributed by atoms with E-state index < -0.39 is 0 Å². The second-order valence-corrected chi connectivity index (χ2v) is 6.87. The highest BCUT2D eigenvalue weighted by atomic mass is 16.5. The lowest BCUT2D eigenvalue weighted by Gasteiger charge is -2.33. The fourth-order valence-corrected chi connectivity index (χ4v) is 3.61. The van der Waals surface area contributed by atoms with E-state index in [0.717, 1.165) is 54.2 Å². The van der Waals surface area contributed by atoms with Crippen molar-refractivity contribution < 1.29 is 9.53 Å². The number of ether oxygens (including phenoxy) is 1. The molecular weight excluding hydrogens is 342 g/mol. The lowest BCUT2D eigenvalue weighted by atomic mass is 10.1. The maximum Gasteiger partial charge on any atom is 0.237 e. The van der Waals surface area contributed by atoms with Crippen LogP contribution in [-0.4, -0.2) is 39.6 Å². The van der Waals surface area contributed by atoms with Crippen LogP contribution < -0.4 is 15.4 Å². The molecule has 0 spiro atoms. The number of hydrogen-bond donors (Lipinski definition) is 1. The molecule has 0 atom stereocenters. The summed E-state index contributed by atoms with van der Waals surface area (Å²) in [4.78, 5) is 22.2. The number of benzene rings is 1. The molecule has 140 valence electrons. The molecule has 1 aliphatic rings. The largest absolute Gasteiger partial charge is 0.490 e. The van der Waals surface area contributed by atoms with Gasteiger partial charge in [0, 0.05) is 43.7 Å². The molecule has 2 aromatic heterocycles. The molecule has 1 saturated heterocycles. The molecule has 0 unspecified atom stereocenters. The zero-order valence-electron chi connectivity index (χ0n) is 15.3. The molecule has 4 rings (SSSR count). The number of nitrogens with zero attached hydrogens (tertiary/aromatic N) is 4. The van der Waals surface area contributed by atoms with Crippen LogP contribution in [0.5, 0.6) is 5.75 Å². The Balaban J connectivity index is 1.45. The van der Waals surface area contributed by atoms with E-state index in [9.17, 15) is 4.79 Å². The first-order valence-corrected chi connectivity index (χ1v) is 9.17. The Hall–Kier alpha value is -3.09. The minimum absolute atomic E-state index is 0.161. The van der Waals surface area contributed by atoms with Gasteiger partial charge in [-0.1, -0.05) is 6.07 Å². The van der Waals surface area contributed by atoms with E-state index in [1.165, 1.54) is 0 Å². The number of fused-ring (bicyclic) bond motifs is 1. The molecule has 3 aromatic rings. The minimum Gasteiger partial charge on any atom is -0.490 e. The third-order valence-corrected chi connectivity index (χ3v) is 4.92. The number of hydrogen-bond acceptors (Lipinski definition) is 5. The number of carbonyl (C=O) groups excluding carboxylic acids is 1. The number of nitrogens with two attached hydrogens (primary N) is 1. The van der Waals surface area contributed by atoms with Gasteiger partial charge in [0.15, 0.2) is 0 Å². The second-order valence-electron chi connectivity index (χ2n) is 6.87. The quantitative estimate of drug-likeness (QED) is 0.750. The van der Waals surface area contributed by atoms with Gasteiger partial charge in [0.05, 0.1) is 5.52 Å². The van der Waals surface area contributed by atoms with E-state index in [1.54, 1.807) is 6.20 Å². The Labute approximate surface area is 157 Å². The highest BCUT2D eigenvalue weighted by Crippen LogP contribution is 2.29. The Kier molecular flexibility index (Phi) is 4.66. The standard InChI is InChI=1S/C20H23N5O2/c1-14-22-9-5-20(23-14)24-10-6-15(7-11-24)27-18-4-2-3-17-16(18)8-12-25(17)13-19(21)26/h2-5,8-9,12,15H,6-7,10-11,13H2,1H3,(H2,21,26). The summed E-state index contributed by atoms with van der Waals surface area (Å²) in [5.41, 5.74) is 6.29. The topological polar surface area (TPSA) is 86.3 Å². The van der Waals surface area contributed by atoms with Crippen molar-refractivity contribution >= 4 is 22.6 Å². The number of primary amides is 1. The number of rotatable bonds is 5. The summed E-state index contributed by atoms with van der Waals surface area (Å²) < 4.78 is 8.16. The van der Waals surface area contributed by atoms with Gasteiger partial charge in [-0.2, -0.15) is 0 Å². The molecule has 1 aromatic carbocycles. The second kappa shape index (κ2) is 7.26. The zero-order valence-corrected chi connectivity index (χ0v) is 15.3. The van der Waals surface area contributed by atoms with Gasteiger partial charge in [-0.05, 0) is 31.2 Å². The van der Waals surface area contributed by atoms with Crippen LogP contribution in [0.3, 0.4) is 0 Å². The van der Waals surface area contributed by atoms with Crippen molar-refractivity contribution in [1.29, 1.82) is 0 Å². The van der Waals surface area contributed by atoms with Gasteiger partial charge in [0.1, 0.15) is 30.0 Å². The SMILES string of the molecule is Cc1nccc(N2CCC(Oc3cccc4c3ccn4CC(N)=O)CC2)n1. The van der Waals surface area contributed by atoms with Gasteiger partial charge in [-0.3, -0.25) is 4.79 Å². The Morgan fingerprint density at radius 3 is 2.81 bits per heavy atom. The predicted octanol–water partition coefficient (Wildman–Crippen LogP) is 2.27. The van der Waals surface area contributed by atoms with Crippen molar-refractivity contribution in [3.05, 3.63) is 48.5 Å². The van der Waals surface area contributed by atoms with Gasteiger partial charge in [-0.15, -0.1) is 0 Å². The van der Waals surface area contributed by atoms with Crippen LogP contribution >= 0.6 is 0 Å². The molecule has 0 aliphatic carbocycles. The summed E-state index contributed by atoms with van der Waals surface area (Å²) in [6.45, 7) is 3.88. The van der Waals surface area contributed by atoms with Gasteiger partial charge < -0.3 is 19.9 Å². The van der Waals surface area contributed by atoms with Crippen molar-refractivity contribution in [2.24, 2.45) is 5.73 Å². The molecule has 3 heterocycles. The summed E-state index contributed by atoms with van der Waals surface area (Å²) in [5, 5.41) is 1.01. The van der Waals surface area contributed by atoms with Crippen molar-refractivity contribution in [2.75, 3.05) is 18.0 Å². The van der Waals surface area contributed by atoms with E-state index in [1.807, 2.05) is 48.0 Å². The fraction of sp³-hybridized carbons (Fsp3) is 0.350. The van der Waals surface area contributed by atoms with Crippen LogP contribution in [0.15, 0.2) is 42.7 Å². The molecule has 27 heavy (non-hydrogen) atoms. The normalized spacial score (nSPS) is 15.2. The molecule has 1 fully saturated rings. The highest BCUT2D eigenvalue weighted by Gasteiger charge is 2.22. The van der Waals surface area contributed by atoms with Gasteiger partial charge in [0.25, 0.3) is 0 Å². The Morgan fingerprint density at radius 1 is 1.26 bits per heavy atom. The zero-order chi connectivity index (χ0) is 18.8. The van der Waals surface area contributed by atoms with E-state index >= 15 is 0 Å². The molecule has 1 aliphatic heterocycles.